The van der Waals surface area contributed by atoms with Crippen LogP contribution in [0.5, 0.6) is 11.5 Å². The van der Waals surface area contributed by atoms with Crippen molar-refractivity contribution < 1.29 is 14.3 Å². The van der Waals surface area contributed by atoms with Crippen LogP contribution in [0.1, 0.15) is 52.0 Å². The van der Waals surface area contributed by atoms with Crippen LogP contribution in [0.2, 0.25) is 0 Å². The van der Waals surface area contributed by atoms with Crippen LogP contribution in [-0.4, -0.2) is 38.1 Å². The molecule has 138 valence electrons. The summed E-state index contributed by atoms with van der Waals surface area (Å²) in [7, 11) is 3.33. The monoisotopic (exact) mass is 345 g/mol. The number of nitrogens with zero attached hydrogens (tertiary/aromatic N) is 1. The lowest BCUT2D eigenvalue weighted by atomic mass is 9.64. The molecule has 2 heterocycles. The molecule has 0 spiro atoms. The average Bonchev–Trinajstić information content (AvgIpc) is 2.67. The molecule has 2 aliphatic heterocycles. The molecule has 2 saturated heterocycles. The standard InChI is InChI=1S/C21H31NO3/c1-20(2,3)15-7-10-22-9-6-8-21(14-15,19(22)23)16-11-17(24-4)13-18(12-16)25-5/h11-13,15H,6-10,14H2,1-5H3/t15-,21-/m0/s1. The Hall–Kier alpha value is -1.71. The maximum absolute atomic E-state index is 13.5. The third kappa shape index (κ3) is 3.23. The van der Waals surface area contributed by atoms with Crippen LogP contribution in [-0.2, 0) is 10.2 Å². The van der Waals surface area contributed by atoms with Gasteiger partial charge in [0.25, 0.3) is 0 Å². The van der Waals surface area contributed by atoms with Crippen molar-refractivity contribution in [2.24, 2.45) is 11.3 Å². The summed E-state index contributed by atoms with van der Waals surface area (Å²) in [6.07, 6.45) is 3.95. The fraction of sp³-hybridized carbons (Fsp3) is 0.667. The lowest BCUT2D eigenvalue weighted by Gasteiger charge is -2.42. The summed E-state index contributed by atoms with van der Waals surface area (Å²) >= 11 is 0. The summed E-state index contributed by atoms with van der Waals surface area (Å²) in [4.78, 5) is 15.6. The van der Waals surface area contributed by atoms with Crippen LogP contribution in [0, 0.1) is 11.3 Å². The zero-order chi connectivity index (χ0) is 18.2. The summed E-state index contributed by atoms with van der Waals surface area (Å²) < 4.78 is 11.0. The third-order valence-corrected chi connectivity index (χ3v) is 6.20. The number of rotatable bonds is 3. The molecular formula is C21H31NO3. The Balaban J connectivity index is 2.12. The second-order valence-electron chi connectivity index (χ2n) is 8.63. The Bertz CT molecular complexity index is 627. The van der Waals surface area contributed by atoms with Crippen molar-refractivity contribution in [2.45, 2.75) is 51.9 Å². The highest BCUT2D eigenvalue weighted by Crippen LogP contribution is 2.49. The maximum Gasteiger partial charge on any atom is 0.233 e. The Morgan fingerprint density at radius 1 is 1.08 bits per heavy atom. The molecule has 2 fully saturated rings. The van der Waals surface area contributed by atoms with Crippen molar-refractivity contribution in [1.82, 2.24) is 4.90 Å². The van der Waals surface area contributed by atoms with Gasteiger partial charge in [-0.05, 0) is 54.7 Å². The molecule has 0 N–H and O–H groups in total. The molecule has 0 saturated carbocycles. The van der Waals surface area contributed by atoms with E-state index in [1.807, 2.05) is 18.2 Å². The molecule has 2 atom stereocenters. The van der Waals surface area contributed by atoms with E-state index in [0.717, 1.165) is 55.8 Å². The van der Waals surface area contributed by atoms with Crippen molar-refractivity contribution in [2.75, 3.05) is 27.3 Å². The molecular weight excluding hydrogens is 314 g/mol. The van der Waals surface area contributed by atoms with E-state index < -0.39 is 5.41 Å². The van der Waals surface area contributed by atoms with Crippen molar-refractivity contribution in [3.05, 3.63) is 23.8 Å². The van der Waals surface area contributed by atoms with Crippen LogP contribution < -0.4 is 9.47 Å². The van der Waals surface area contributed by atoms with E-state index in [1.165, 1.54) is 0 Å². The van der Waals surface area contributed by atoms with Crippen molar-refractivity contribution in [3.63, 3.8) is 0 Å². The van der Waals surface area contributed by atoms with Crippen LogP contribution in [0.4, 0.5) is 0 Å². The zero-order valence-corrected chi connectivity index (χ0v) is 16.2. The first-order valence-electron chi connectivity index (χ1n) is 9.33. The quantitative estimate of drug-likeness (QED) is 0.830. The van der Waals surface area contributed by atoms with Gasteiger partial charge in [0.2, 0.25) is 5.91 Å². The number of ether oxygens (including phenoxy) is 2. The number of hydrogen-bond donors (Lipinski definition) is 0. The molecule has 0 unspecified atom stereocenters. The minimum Gasteiger partial charge on any atom is -0.497 e. The van der Waals surface area contributed by atoms with Gasteiger partial charge in [-0.3, -0.25) is 4.79 Å². The first kappa shape index (κ1) is 18.1. The van der Waals surface area contributed by atoms with Gasteiger partial charge >= 0.3 is 0 Å². The normalized spacial score (nSPS) is 27.0. The van der Waals surface area contributed by atoms with Gasteiger partial charge in [-0.1, -0.05) is 20.8 Å². The van der Waals surface area contributed by atoms with Crippen molar-refractivity contribution in [1.29, 1.82) is 0 Å². The molecule has 2 aliphatic rings. The number of benzene rings is 1. The van der Waals surface area contributed by atoms with Crippen LogP contribution in [0.15, 0.2) is 18.2 Å². The van der Waals surface area contributed by atoms with E-state index >= 15 is 0 Å². The highest BCUT2D eigenvalue weighted by Gasteiger charge is 2.50. The van der Waals surface area contributed by atoms with E-state index in [9.17, 15) is 4.79 Å². The Labute approximate surface area is 151 Å². The topological polar surface area (TPSA) is 38.8 Å². The number of hydrogen-bond acceptors (Lipinski definition) is 3. The number of piperidine rings is 1. The van der Waals surface area contributed by atoms with Crippen LogP contribution >= 0.6 is 0 Å². The van der Waals surface area contributed by atoms with Gasteiger partial charge in [-0.15, -0.1) is 0 Å². The maximum atomic E-state index is 13.5. The molecule has 4 nitrogen and oxygen atoms in total. The summed E-state index contributed by atoms with van der Waals surface area (Å²) in [5.74, 6) is 2.31. The van der Waals surface area contributed by atoms with Crippen LogP contribution in [0.25, 0.3) is 0 Å². The first-order valence-corrected chi connectivity index (χ1v) is 9.33. The molecule has 0 radical (unpaired) electrons. The third-order valence-electron chi connectivity index (χ3n) is 6.20. The van der Waals surface area contributed by atoms with Gasteiger partial charge in [-0.2, -0.15) is 0 Å². The van der Waals surface area contributed by atoms with Gasteiger partial charge in [0.05, 0.1) is 19.6 Å². The van der Waals surface area contributed by atoms with Crippen molar-refractivity contribution in [3.8, 4) is 11.5 Å². The smallest absolute Gasteiger partial charge is 0.233 e. The Morgan fingerprint density at radius 3 is 2.28 bits per heavy atom. The highest BCUT2D eigenvalue weighted by molar-refractivity contribution is 5.89. The lowest BCUT2D eigenvalue weighted by Crippen LogP contribution is -2.50. The summed E-state index contributed by atoms with van der Waals surface area (Å²) in [5.41, 5.74) is 0.790. The number of fused-ring (bicyclic) bond motifs is 2. The van der Waals surface area contributed by atoms with E-state index in [4.69, 9.17) is 9.47 Å². The molecule has 3 rings (SSSR count). The van der Waals surface area contributed by atoms with Gasteiger partial charge in [0, 0.05) is 19.2 Å². The summed E-state index contributed by atoms with van der Waals surface area (Å²) in [6, 6.07) is 5.95. The number of amides is 1. The van der Waals surface area contributed by atoms with E-state index in [-0.39, 0.29) is 5.41 Å². The highest BCUT2D eigenvalue weighted by atomic mass is 16.5. The summed E-state index contributed by atoms with van der Waals surface area (Å²) in [6.45, 7) is 8.66. The molecule has 4 heteroatoms. The van der Waals surface area contributed by atoms with E-state index in [2.05, 4.69) is 25.7 Å². The predicted molar refractivity (Wildman–Crippen MR) is 99.2 cm³/mol. The SMILES string of the molecule is COc1cc(OC)cc([C@]23CCCN(CC[C@H](C(C)(C)C)C2)C3=O)c1. The second kappa shape index (κ2) is 6.54. The van der Waals surface area contributed by atoms with Gasteiger partial charge in [-0.25, -0.2) is 0 Å². The number of methoxy groups -OCH3 is 2. The minimum absolute atomic E-state index is 0.189. The first-order chi connectivity index (χ1) is 11.8. The molecule has 25 heavy (non-hydrogen) atoms. The molecule has 1 amide bonds. The Kier molecular flexibility index (Phi) is 4.74. The zero-order valence-electron chi connectivity index (χ0n) is 16.2. The lowest BCUT2D eigenvalue weighted by molar-refractivity contribution is -0.140. The fourth-order valence-corrected chi connectivity index (χ4v) is 4.53. The van der Waals surface area contributed by atoms with E-state index in [0.29, 0.717) is 11.8 Å². The largest absolute Gasteiger partial charge is 0.497 e. The molecule has 1 aromatic carbocycles. The van der Waals surface area contributed by atoms with E-state index in [1.54, 1.807) is 14.2 Å². The minimum atomic E-state index is -0.450. The van der Waals surface area contributed by atoms with Crippen LogP contribution in [0.3, 0.4) is 0 Å². The number of carbonyl (C=O) groups excluding carboxylic acids is 1. The number of carbonyl (C=O) groups is 1. The van der Waals surface area contributed by atoms with Gasteiger partial charge in [0.15, 0.2) is 0 Å². The molecule has 0 aliphatic carbocycles. The predicted octanol–water partition coefficient (Wildman–Crippen LogP) is 4.02. The van der Waals surface area contributed by atoms with Gasteiger partial charge in [0.1, 0.15) is 11.5 Å². The second-order valence-corrected chi connectivity index (χ2v) is 8.63. The molecule has 2 bridgehead atoms. The summed E-state index contributed by atoms with van der Waals surface area (Å²) in [5, 5.41) is 0. The Morgan fingerprint density at radius 2 is 1.72 bits per heavy atom. The molecule has 1 aromatic rings. The fourth-order valence-electron chi connectivity index (χ4n) is 4.53. The molecule has 0 aromatic heterocycles. The van der Waals surface area contributed by atoms with Gasteiger partial charge < -0.3 is 14.4 Å². The average molecular weight is 345 g/mol. The van der Waals surface area contributed by atoms with Crippen molar-refractivity contribution >= 4 is 5.91 Å².